The van der Waals surface area contributed by atoms with Crippen LogP contribution in [0.3, 0.4) is 0 Å². The Balaban J connectivity index is 0.00000210. The number of alkyl halides is 3. The van der Waals surface area contributed by atoms with E-state index in [1.54, 1.807) is 0 Å². The molecule has 3 aromatic heterocycles. The van der Waals surface area contributed by atoms with Crippen molar-refractivity contribution < 1.29 is 22.0 Å². The molecule has 0 atom stereocenters. The van der Waals surface area contributed by atoms with Gasteiger partial charge in [0.1, 0.15) is 11.4 Å². The summed E-state index contributed by atoms with van der Waals surface area (Å²) in [7, 11) is 0. The number of benzene rings is 1. The van der Waals surface area contributed by atoms with Crippen LogP contribution in [0.4, 0.5) is 17.6 Å². The van der Waals surface area contributed by atoms with Gasteiger partial charge in [0.05, 0.1) is 17.0 Å². The molecule has 140 valence electrons. The molecule has 0 aliphatic carbocycles. The van der Waals surface area contributed by atoms with Gasteiger partial charge in [0.2, 0.25) is 0 Å². The van der Waals surface area contributed by atoms with Gasteiger partial charge in [-0.2, -0.15) is 13.2 Å². The first-order chi connectivity index (χ1) is 12.2. The highest BCUT2D eigenvalue weighted by atomic mass is 79.9. The summed E-state index contributed by atoms with van der Waals surface area (Å²) in [5.74, 6) is -0.572. The number of hydrogen-bond acceptors (Lipinski definition) is 4. The van der Waals surface area contributed by atoms with Gasteiger partial charge in [-0.3, -0.25) is 0 Å². The lowest BCUT2D eigenvalue weighted by Gasteiger charge is -2.07. The molecule has 5 nitrogen and oxygen atoms in total. The Kier molecular flexibility index (Phi) is 4.54. The van der Waals surface area contributed by atoms with Gasteiger partial charge in [-0.05, 0) is 25.1 Å². The Hall–Kier alpha value is -2.75. The minimum absolute atomic E-state index is 0. The number of aryl methyl sites for hydroxylation is 1. The first-order valence-electron chi connectivity index (χ1n) is 7.40. The largest absolute Gasteiger partial charge is 0.437 e. The molecule has 0 spiro atoms. The van der Waals surface area contributed by atoms with E-state index in [9.17, 15) is 22.4 Å². The zero-order valence-electron chi connectivity index (χ0n) is 13.5. The number of imidazole rings is 1. The van der Waals surface area contributed by atoms with Crippen molar-refractivity contribution >= 4 is 33.6 Å². The van der Waals surface area contributed by atoms with Gasteiger partial charge in [-0.15, -0.1) is 17.0 Å². The quantitative estimate of drug-likeness (QED) is 0.320. The first kappa shape index (κ1) is 19.0. The van der Waals surface area contributed by atoms with E-state index in [-0.39, 0.29) is 39.5 Å². The second-order valence-corrected chi connectivity index (χ2v) is 5.72. The molecular formula is C17H10BrF4N3O2. The van der Waals surface area contributed by atoms with Crippen LogP contribution >= 0.6 is 17.0 Å². The van der Waals surface area contributed by atoms with E-state index >= 15 is 0 Å². The molecule has 0 aliphatic heterocycles. The third-order valence-electron chi connectivity index (χ3n) is 3.80. The highest BCUT2D eigenvalue weighted by Crippen LogP contribution is 2.32. The third kappa shape index (κ3) is 3.32. The minimum atomic E-state index is -4.69. The first-order valence-corrected chi connectivity index (χ1v) is 7.40. The van der Waals surface area contributed by atoms with Gasteiger partial charge >= 0.3 is 11.8 Å². The number of hydrogen-bond donors (Lipinski definition) is 0. The summed E-state index contributed by atoms with van der Waals surface area (Å²) >= 11 is 0. The van der Waals surface area contributed by atoms with E-state index in [4.69, 9.17) is 4.42 Å². The molecule has 0 fully saturated rings. The molecule has 27 heavy (non-hydrogen) atoms. The van der Waals surface area contributed by atoms with E-state index in [0.717, 1.165) is 10.5 Å². The van der Waals surface area contributed by atoms with Crippen LogP contribution in [0.1, 0.15) is 11.4 Å². The molecule has 4 rings (SSSR count). The lowest BCUT2D eigenvalue weighted by atomic mass is 10.1. The Morgan fingerprint density at radius 3 is 2.56 bits per heavy atom. The fraction of sp³-hybridized carbons (Fsp3) is 0.118. The van der Waals surface area contributed by atoms with Gasteiger partial charge in [-0.25, -0.2) is 19.2 Å². The average molecular weight is 444 g/mol. The molecule has 0 radical (unpaired) electrons. The van der Waals surface area contributed by atoms with Crippen molar-refractivity contribution in [3.8, 4) is 11.3 Å². The number of rotatable bonds is 1. The van der Waals surface area contributed by atoms with Crippen LogP contribution in [-0.2, 0) is 6.18 Å². The van der Waals surface area contributed by atoms with Crippen LogP contribution in [0.25, 0.3) is 27.9 Å². The lowest BCUT2D eigenvalue weighted by Crippen LogP contribution is -2.11. The predicted octanol–water partition coefficient (Wildman–Crippen LogP) is 4.55. The van der Waals surface area contributed by atoms with Crippen molar-refractivity contribution in [3.05, 3.63) is 64.3 Å². The summed E-state index contributed by atoms with van der Waals surface area (Å²) in [6.07, 6.45) is -2.03. The zero-order chi connectivity index (χ0) is 18.6. The fourth-order valence-electron chi connectivity index (χ4n) is 2.71. The molecule has 4 aromatic rings. The van der Waals surface area contributed by atoms with E-state index < -0.39 is 29.0 Å². The smallest absolute Gasteiger partial charge is 0.422 e. The summed E-state index contributed by atoms with van der Waals surface area (Å²) in [6, 6.07) is 5.04. The topological polar surface area (TPSA) is 60.4 Å². The Bertz CT molecular complexity index is 1230. The molecule has 0 aliphatic rings. The fourth-order valence-corrected chi connectivity index (χ4v) is 2.71. The molecule has 0 amide bonds. The summed E-state index contributed by atoms with van der Waals surface area (Å²) in [6.45, 7) is 1.42. The Labute approximate surface area is 159 Å². The zero-order valence-corrected chi connectivity index (χ0v) is 15.3. The van der Waals surface area contributed by atoms with E-state index in [1.807, 2.05) is 0 Å². The maximum Gasteiger partial charge on any atom is 0.437 e. The summed E-state index contributed by atoms with van der Waals surface area (Å²) in [4.78, 5) is 19.6. The third-order valence-corrected chi connectivity index (χ3v) is 3.80. The average Bonchev–Trinajstić information content (AvgIpc) is 2.95. The van der Waals surface area contributed by atoms with Crippen molar-refractivity contribution in [1.82, 2.24) is 14.4 Å². The molecule has 3 heterocycles. The van der Waals surface area contributed by atoms with Crippen LogP contribution in [0.2, 0.25) is 0 Å². The van der Waals surface area contributed by atoms with Crippen molar-refractivity contribution in [3.63, 3.8) is 0 Å². The molecule has 0 unspecified atom stereocenters. The summed E-state index contributed by atoms with van der Waals surface area (Å²) < 4.78 is 59.1. The predicted molar refractivity (Wildman–Crippen MR) is 94.5 cm³/mol. The maximum atomic E-state index is 13.2. The van der Waals surface area contributed by atoms with Crippen molar-refractivity contribution in [1.29, 1.82) is 0 Å². The van der Waals surface area contributed by atoms with Crippen molar-refractivity contribution in [2.75, 3.05) is 0 Å². The van der Waals surface area contributed by atoms with Gasteiger partial charge < -0.3 is 8.82 Å². The summed E-state index contributed by atoms with van der Waals surface area (Å²) in [5.41, 5.74) is -2.23. The Morgan fingerprint density at radius 1 is 1.11 bits per heavy atom. The normalized spacial score (nSPS) is 11.7. The van der Waals surface area contributed by atoms with Gasteiger partial charge in [0.15, 0.2) is 11.3 Å². The number of fused-ring (bicyclic) bond motifs is 2. The molecule has 0 saturated heterocycles. The van der Waals surface area contributed by atoms with Gasteiger partial charge in [0.25, 0.3) is 0 Å². The van der Waals surface area contributed by atoms with Crippen LogP contribution in [-0.4, -0.2) is 14.4 Å². The van der Waals surface area contributed by atoms with E-state index in [1.165, 1.54) is 37.5 Å². The van der Waals surface area contributed by atoms with E-state index in [2.05, 4.69) is 9.97 Å². The molecular weight excluding hydrogens is 434 g/mol. The molecule has 0 bridgehead atoms. The highest BCUT2D eigenvalue weighted by molar-refractivity contribution is 8.93. The number of nitrogens with zero attached hydrogens (tertiary/aromatic N) is 3. The standard InChI is InChI=1S/C17H9F4N3O2.BrH/c1-8-6-24-7-12(23-15(24)14(22-8)17(19,20)21)11-4-9-2-3-10(18)5-13(9)26-16(11)25;/h2-7H,1H3;1H. The van der Waals surface area contributed by atoms with Crippen molar-refractivity contribution in [2.24, 2.45) is 0 Å². The lowest BCUT2D eigenvalue weighted by molar-refractivity contribution is -0.140. The van der Waals surface area contributed by atoms with Crippen LogP contribution in [0.5, 0.6) is 0 Å². The number of halogens is 5. The monoisotopic (exact) mass is 443 g/mol. The number of aromatic nitrogens is 3. The van der Waals surface area contributed by atoms with Crippen molar-refractivity contribution in [2.45, 2.75) is 13.1 Å². The van der Waals surface area contributed by atoms with Crippen LogP contribution in [0.15, 0.2) is 45.9 Å². The van der Waals surface area contributed by atoms with Crippen LogP contribution < -0.4 is 5.63 Å². The SMILES string of the molecule is Br.Cc1cn2cc(-c3cc4ccc(F)cc4oc3=O)nc2c(C(F)(F)F)n1. The van der Waals surface area contributed by atoms with Crippen LogP contribution in [0, 0.1) is 12.7 Å². The minimum Gasteiger partial charge on any atom is -0.422 e. The molecule has 0 N–H and O–H groups in total. The second-order valence-electron chi connectivity index (χ2n) is 5.72. The van der Waals surface area contributed by atoms with Gasteiger partial charge in [0, 0.05) is 23.8 Å². The maximum absolute atomic E-state index is 13.2. The molecule has 1 aromatic carbocycles. The van der Waals surface area contributed by atoms with Gasteiger partial charge in [-0.1, -0.05) is 0 Å². The molecule has 10 heteroatoms. The molecule has 0 saturated carbocycles. The second kappa shape index (κ2) is 6.45. The van der Waals surface area contributed by atoms with E-state index in [0.29, 0.717) is 5.39 Å². The highest BCUT2D eigenvalue weighted by Gasteiger charge is 2.36. The Morgan fingerprint density at radius 2 is 1.85 bits per heavy atom. The summed E-state index contributed by atoms with van der Waals surface area (Å²) in [5, 5.41) is 0.420.